The van der Waals surface area contributed by atoms with Gasteiger partial charge in [0.05, 0.1) is 6.61 Å². The molecule has 6 heteroatoms. The second kappa shape index (κ2) is 8.62. The van der Waals surface area contributed by atoms with Crippen LogP contribution in [-0.4, -0.2) is 18.2 Å². The lowest BCUT2D eigenvalue weighted by Crippen LogP contribution is -2.25. The fraction of sp³-hybridized carbons (Fsp3) is 0.381. The smallest absolute Gasteiger partial charge is 0.444 e. The molecule has 0 saturated carbocycles. The number of esters is 1. The molecule has 1 unspecified atom stereocenters. The molecule has 0 aliphatic rings. The van der Waals surface area contributed by atoms with Crippen molar-refractivity contribution in [2.24, 2.45) is 0 Å². The Balaban J connectivity index is 2.51. The summed E-state index contributed by atoms with van der Waals surface area (Å²) in [5, 5.41) is 0. The summed E-state index contributed by atoms with van der Waals surface area (Å²) in [6.45, 7) is 10.9. The molecule has 0 saturated heterocycles. The van der Waals surface area contributed by atoms with Gasteiger partial charge in [0.1, 0.15) is 11.5 Å². The van der Waals surface area contributed by atoms with Crippen molar-refractivity contribution in [3.05, 3.63) is 58.7 Å². The largest absolute Gasteiger partial charge is 0.465 e. The zero-order chi connectivity index (χ0) is 20.2. The Morgan fingerprint density at radius 2 is 1.26 bits per heavy atom. The van der Waals surface area contributed by atoms with Crippen molar-refractivity contribution in [3.8, 4) is 11.5 Å². The van der Waals surface area contributed by atoms with Gasteiger partial charge < -0.3 is 13.8 Å². The molecule has 0 amide bonds. The van der Waals surface area contributed by atoms with Crippen LogP contribution < -0.4 is 9.05 Å². The predicted octanol–water partition coefficient (Wildman–Crippen LogP) is 5.52. The third kappa shape index (κ3) is 4.72. The van der Waals surface area contributed by atoms with Gasteiger partial charge in [-0.05, 0) is 63.8 Å². The van der Waals surface area contributed by atoms with E-state index in [4.69, 9.17) is 13.8 Å². The number of carbonyl (C=O) groups is 1. The molecule has 0 aliphatic carbocycles. The number of hydrogen-bond donors (Lipinski definition) is 0. The standard InChI is InChI=1S/C21H27O5P/c1-7-24-21(22)18(6)27(23,25-19-14(2)10-8-11-15(19)3)26-20-16(4)12-9-13-17(20)5/h8-13,18H,7H2,1-6H3. The van der Waals surface area contributed by atoms with Gasteiger partial charge in [-0.25, -0.2) is 4.57 Å². The number of hydrogen-bond acceptors (Lipinski definition) is 5. The van der Waals surface area contributed by atoms with Gasteiger partial charge >= 0.3 is 13.6 Å². The van der Waals surface area contributed by atoms with Crippen LogP contribution in [0.15, 0.2) is 36.4 Å². The molecule has 1 atom stereocenters. The molecule has 146 valence electrons. The SMILES string of the molecule is CCOC(=O)C(C)P(=O)(Oc1c(C)cccc1C)Oc1c(C)cccc1C. The van der Waals surface area contributed by atoms with Crippen LogP contribution in [0.1, 0.15) is 36.1 Å². The van der Waals surface area contributed by atoms with Gasteiger partial charge in [-0.3, -0.25) is 4.79 Å². The Labute approximate surface area is 161 Å². The monoisotopic (exact) mass is 390 g/mol. The van der Waals surface area contributed by atoms with E-state index in [0.29, 0.717) is 11.5 Å². The molecule has 2 aromatic rings. The summed E-state index contributed by atoms with van der Waals surface area (Å²) in [5.74, 6) is 0.310. The summed E-state index contributed by atoms with van der Waals surface area (Å²) < 4.78 is 30.8. The van der Waals surface area contributed by atoms with E-state index in [9.17, 15) is 9.36 Å². The first-order chi connectivity index (χ1) is 12.7. The van der Waals surface area contributed by atoms with E-state index in [1.165, 1.54) is 6.92 Å². The molecule has 2 rings (SSSR count). The maximum Gasteiger partial charge on any atom is 0.444 e. The Morgan fingerprint density at radius 3 is 1.59 bits per heavy atom. The summed E-state index contributed by atoms with van der Waals surface area (Å²) in [6.07, 6.45) is 0. The molecule has 0 fully saturated rings. The normalized spacial score (nSPS) is 12.4. The van der Waals surface area contributed by atoms with Gasteiger partial charge in [-0.2, -0.15) is 0 Å². The lowest BCUT2D eigenvalue weighted by Gasteiger charge is -2.26. The Morgan fingerprint density at radius 1 is 0.889 bits per heavy atom. The highest BCUT2D eigenvalue weighted by atomic mass is 31.2. The van der Waals surface area contributed by atoms with Gasteiger partial charge in [0.2, 0.25) is 0 Å². The average Bonchev–Trinajstić information content (AvgIpc) is 2.61. The first kappa shape index (κ1) is 21.0. The van der Waals surface area contributed by atoms with E-state index in [1.807, 2.05) is 64.1 Å². The van der Waals surface area contributed by atoms with Gasteiger partial charge in [0.25, 0.3) is 0 Å². The van der Waals surface area contributed by atoms with Crippen molar-refractivity contribution in [2.45, 2.75) is 47.2 Å². The van der Waals surface area contributed by atoms with Crippen LogP contribution in [0.3, 0.4) is 0 Å². The minimum absolute atomic E-state index is 0.190. The fourth-order valence-corrected chi connectivity index (χ4v) is 4.48. The van der Waals surface area contributed by atoms with E-state index >= 15 is 0 Å². The Hall–Kier alpha value is -2.26. The molecule has 0 heterocycles. The first-order valence-corrected chi connectivity index (χ1v) is 10.6. The first-order valence-electron chi connectivity index (χ1n) is 8.97. The number of benzene rings is 2. The molecule has 0 aromatic heterocycles. The zero-order valence-corrected chi connectivity index (χ0v) is 17.6. The van der Waals surface area contributed by atoms with Crippen molar-refractivity contribution in [1.29, 1.82) is 0 Å². The van der Waals surface area contributed by atoms with Crippen molar-refractivity contribution in [1.82, 2.24) is 0 Å². The minimum Gasteiger partial charge on any atom is -0.465 e. The van der Waals surface area contributed by atoms with Gasteiger partial charge in [-0.1, -0.05) is 36.4 Å². The number of carbonyl (C=O) groups excluding carboxylic acids is 1. The molecular weight excluding hydrogens is 363 g/mol. The third-order valence-corrected chi connectivity index (χ3v) is 6.39. The quantitative estimate of drug-likeness (QED) is 0.460. The molecule has 0 N–H and O–H groups in total. The molecular formula is C21H27O5P. The molecule has 2 aromatic carbocycles. The third-order valence-electron chi connectivity index (χ3n) is 4.36. The number of para-hydroxylation sites is 2. The van der Waals surface area contributed by atoms with E-state index < -0.39 is 19.2 Å². The second-order valence-corrected chi connectivity index (χ2v) is 8.81. The highest BCUT2D eigenvalue weighted by Crippen LogP contribution is 2.55. The highest BCUT2D eigenvalue weighted by molar-refractivity contribution is 7.56. The van der Waals surface area contributed by atoms with Crippen LogP contribution in [0, 0.1) is 27.7 Å². The summed E-state index contributed by atoms with van der Waals surface area (Å²) in [7, 11) is -3.92. The topological polar surface area (TPSA) is 61.8 Å². The van der Waals surface area contributed by atoms with E-state index in [1.54, 1.807) is 6.92 Å². The maximum absolute atomic E-state index is 13.8. The number of aryl methyl sites for hydroxylation is 4. The van der Waals surface area contributed by atoms with Crippen LogP contribution in [0.2, 0.25) is 0 Å². The van der Waals surface area contributed by atoms with Crippen molar-refractivity contribution < 1.29 is 23.1 Å². The molecule has 0 aliphatic heterocycles. The Bertz CT molecular complexity index is 777. The van der Waals surface area contributed by atoms with Gasteiger partial charge in [0, 0.05) is 0 Å². The molecule has 0 bridgehead atoms. The predicted molar refractivity (Wildman–Crippen MR) is 107 cm³/mol. The summed E-state index contributed by atoms with van der Waals surface area (Å²) in [4.78, 5) is 12.4. The minimum atomic E-state index is -3.92. The van der Waals surface area contributed by atoms with E-state index in [-0.39, 0.29) is 6.61 Å². The zero-order valence-electron chi connectivity index (χ0n) is 16.7. The number of ether oxygens (including phenoxy) is 1. The maximum atomic E-state index is 13.8. The summed E-state index contributed by atoms with van der Waals surface area (Å²) in [6, 6.07) is 11.2. The van der Waals surface area contributed by atoms with Gasteiger partial charge in [-0.15, -0.1) is 0 Å². The van der Waals surface area contributed by atoms with Crippen LogP contribution in [-0.2, 0) is 14.1 Å². The fourth-order valence-electron chi connectivity index (χ4n) is 2.71. The van der Waals surface area contributed by atoms with Gasteiger partial charge in [0.15, 0.2) is 5.66 Å². The van der Waals surface area contributed by atoms with Crippen LogP contribution >= 0.6 is 7.60 Å². The Kier molecular flexibility index (Phi) is 6.72. The lowest BCUT2D eigenvalue weighted by molar-refractivity contribution is -0.142. The molecule has 0 spiro atoms. The second-order valence-electron chi connectivity index (χ2n) is 6.59. The molecule has 27 heavy (non-hydrogen) atoms. The van der Waals surface area contributed by atoms with Crippen molar-refractivity contribution >= 4 is 13.6 Å². The number of rotatable bonds is 7. The average molecular weight is 390 g/mol. The molecule has 0 radical (unpaired) electrons. The van der Waals surface area contributed by atoms with Crippen molar-refractivity contribution in [2.75, 3.05) is 6.61 Å². The van der Waals surface area contributed by atoms with E-state index in [2.05, 4.69) is 0 Å². The van der Waals surface area contributed by atoms with Crippen LogP contribution in [0.25, 0.3) is 0 Å². The van der Waals surface area contributed by atoms with Crippen LogP contribution in [0.4, 0.5) is 0 Å². The summed E-state index contributed by atoms with van der Waals surface area (Å²) in [5.41, 5.74) is 2.19. The van der Waals surface area contributed by atoms with Crippen molar-refractivity contribution in [3.63, 3.8) is 0 Å². The summed E-state index contributed by atoms with van der Waals surface area (Å²) >= 11 is 0. The highest BCUT2D eigenvalue weighted by Gasteiger charge is 2.43. The van der Waals surface area contributed by atoms with E-state index in [0.717, 1.165) is 22.3 Å². The van der Waals surface area contributed by atoms with Crippen LogP contribution in [0.5, 0.6) is 11.5 Å². The molecule has 5 nitrogen and oxygen atoms in total. The lowest BCUT2D eigenvalue weighted by atomic mass is 10.1.